The van der Waals surface area contributed by atoms with E-state index >= 15 is 0 Å². The first-order valence-electron chi connectivity index (χ1n) is 5.87. The van der Waals surface area contributed by atoms with Crippen LogP contribution < -0.4 is 5.56 Å². The Balaban J connectivity index is 2.25. The zero-order valence-electron chi connectivity index (χ0n) is 10.1. The zero-order chi connectivity index (χ0) is 13.3. The largest absolute Gasteiger partial charge is 0.416 e. The van der Waals surface area contributed by atoms with Crippen LogP contribution in [0.1, 0.15) is 17.5 Å². The Labute approximate surface area is 103 Å². The number of aryl methyl sites for hydroxylation is 1. The van der Waals surface area contributed by atoms with Crippen LogP contribution in [0.5, 0.6) is 0 Å². The first kappa shape index (κ1) is 13.1. The van der Waals surface area contributed by atoms with Crippen molar-refractivity contribution in [2.24, 2.45) is 7.05 Å². The summed E-state index contributed by atoms with van der Waals surface area (Å²) in [5.41, 5.74) is -1.24. The second-order valence-corrected chi connectivity index (χ2v) is 4.60. The third kappa shape index (κ3) is 2.75. The number of aromatic nitrogens is 1. The highest BCUT2D eigenvalue weighted by Gasteiger charge is 2.34. The summed E-state index contributed by atoms with van der Waals surface area (Å²) in [6.45, 7) is 2.52. The lowest BCUT2D eigenvalue weighted by molar-refractivity contribution is -0.138. The Hall–Kier alpha value is -1.30. The molecule has 1 aliphatic heterocycles. The molecule has 0 aromatic carbocycles. The third-order valence-corrected chi connectivity index (χ3v) is 3.26. The molecule has 0 N–H and O–H groups in total. The highest BCUT2D eigenvalue weighted by Crippen LogP contribution is 2.31. The van der Waals surface area contributed by atoms with Crippen LogP contribution in [0, 0.1) is 0 Å². The Kier molecular flexibility index (Phi) is 3.47. The van der Waals surface area contributed by atoms with Gasteiger partial charge in [-0.15, -0.1) is 0 Å². The van der Waals surface area contributed by atoms with Gasteiger partial charge in [0.05, 0.1) is 5.56 Å². The predicted molar refractivity (Wildman–Crippen MR) is 61.4 cm³/mol. The molecule has 2 heterocycles. The normalized spacial score (nSPS) is 16.7. The maximum absolute atomic E-state index is 12.8. The molecule has 100 valence electrons. The van der Waals surface area contributed by atoms with Gasteiger partial charge in [0.25, 0.3) is 5.56 Å². The summed E-state index contributed by atoms with van der Waals surface area (Å²) in [6.07, 6.45) is -1.73. The fourth-order valence-corrected chi connectivity index (χ4v) is 2.03. The maximum atomic E-state index is 12.8. The summed E-state index contributed by atoms with van der Waals surface area (Å²) in [5, 5.41) is 0. The Bertz CT molecular complexity index is 489. The summed E-state index contributed by atoms with van der Waals surface area (Å²) < 4.78 is 39.7. The fourth-order valence-electron chi connectivity index (χ4n) is 2.03. The van der Waals surface area contributed by atoms with Crippen molar-refractivity contribution in [3.63, 3.8) is 0 Å². The van der Waals surface area contributed by atoms with Crippen molar-refractivity contribution in [2.75, 3.05) is 19.6 Å². The van der Waals surface area contributed by atoms with Crippen LogP contribution in [0.3, 0.4) is 0 Å². The van der Waals surface area contributed by atoms with Gasteiger partial charge in [-0.25, -0.2) is 0 Å². The van der Waals surface area contributed by atoms with Gasteiger partial charge in [0.15, 0.2) is 0 Å². The number of hydrogen-bond acceptors (Lipinski definition) is 2. The molecule has 0 bridgehead atoms. The van der Waals surface area contributed by atoms with Gasteiger partial charge in [-0.1, -0.05) is 0 Å². The lowest BCUT2D eigenvalue weighted by atomic mass is 10.1. The molecule has 0 saturated carbocycles. The molecule has 2 rings (SSSR count). The van der Waals surface area contributed by atoms with Crippen molar-refractivity contribution in [1.82, 2.24) is 9.47 Å². The van der Waals surface area contributed by atoms with Gasteiger partial charge < -0.3 is 9.47 Å². The molecule has 3 nitrogen and oxygen atoms in total. The second-order valence-electron chi connectivity index (χ2n) is 4.60. The van der Waals surface area contributed by atoms with Crippen LogP contribution in [0.2, 0.25) is 0 Å². The van der Waals surface area contributed by atoms with E-state index in [1.165, 1.54) is 17.8 Å². The average molecular weight is 260 g/mol. The van der Waals surface area contributed by atoms with E-state index in [2.05, 4.69) is 4.90 Å². The quantitative estimate of drug-likeness (QED) is 0.825. The van der Waals surface area contributed by atoms with Crippen molar-refractivity contribution in [3.8, 4) is 0 Å². The van der Waals surface area contributed by atoms with Gasteiger partial charge in [-0.3, -0.25) is 4.79 Å². The van der Waals surface area contributed by atoms with E-state index in [1.54, 1.807) is 0 Å². The van der Waals surface area contributed by atoms with Gasteiger partial charge in [-0.05, 0) is 31.5 Å². The van der Waals surface area contributed by atoms with Gasteiger partial charge in [0, 0.05) is 25.9 Å². The lowest BCUT2D eigenvalue weighted by Crippen LogP contribution is -2.38. The predicted octanol–water partition coefficient (Wildman–Crippen LogP) is 1.65. The van der Waals surface area contributed by atoms with Crippen LogP contribution in [0.4, 0.5) is 13.2 Å². The summed E-state index contributed by atoms with van der Waals surface area (Å²) in [6, 6.07) is 0.686. The van der Waals surface area contributed by atoms with Crippen molar-refractivity contribution in [1.29, 1.82) is 0 Å². The first-order chi connectivity index (χ1) is 8.38. The van der Waals surface area contributed by atoms with Crippen molar-refractivity contribution < 1.29 is 13.2 Å². The van der Waals surface area contributed by atoms with Crippen LogP contribution in [0.25, 0.3) is 0 Å². The number of rotatable bonds is 3. The maximum Gasteiger partial charge on any atom is 0.416 e. The number of halogens is 3. The van der Waals surface area contributed by atoms with Crippen molar-refractivity contribution in [3.05, 3.63) is 33.7 Å². The zero-order valence-corrected chi connectivity index (χ0v) is 10.1. The molecular formula is C12H15F3N2O. The third-order valence-electron chi connectivity index (χ3n) is 3.26. The molecule has 0 amide bonds. The van der Waals surface area contributed by atoms with Crippen LogP contribution in [-0.4, -0.2) is 29.1 Å². The Morgan fingerprint density at radius 1 is 1.33 bits per heavy atom. The minimum absolute atomic E-state index is 0.191. The fraction of sp³-hybridized carbons (Fsp3) is 0.583. The highest BCUT2D eigenvalue weighted by atomic mass is 19.4. The van der Waals surface area contributed by atoms with Gasteiger partial charge in [-0.2, -0.15) is 13.2 Å². The standard InChI is InChI=1S/C12H15F3N2O/c1-16-8-9(3-6-17-4-2-5-17)10(7-11(16)18)12(13,14)15/h7-8H,2-6H2,1H3. The molecule has 1 aromatic rings. The number of hydrogen-bond donors (Lipinski definition) is 0. The summed E-state index contributed by atoms with van der Waals surface area (Å²) >= 11 is 0. The summed E-state index contributed by atoms with van der Waals surface area (Å²) in [4.78, 5) is 13.4. The second kappa shape index (κ2) is 4.76. The van der Waals surface area contributed by atoms with E-state index in [4.69, 9.17) is 0 Å². The molecular weight excluding hydrogens is 245 g/mol. The number of nitrogens with zero attached hydrogens (tertiary/aromatic N) is 2. The van der Waals surface area contributed by atoms with Crippen LogP contribution >= 0.6 is 0 Å². The Morgan fingerprint density at radius 2 is 2.00 bits per heavy atom. The van der Waals surface area contributed by atoms with Gasteiger partial charge in [0.1, 0.15) is 0 Å². The van der Waals surface area contributed by atoms with Crippen LogP contribution in [0.15, 0.2) is 17.1 Å². The molecule has 1 saturated heterocycles. The first-order valence-corrected chi connectivity index (χ1v) is 5.87. The molecule has 18 heavy (non-hydrogen) atoms. The lowest BCUT2D eigenvalue weighted by Gasteiger charge is -2.30. The number of alkyl halides is 3. The molecule has 0 unspecified atom stereocenters. The van der Waals surface area contributed by atoms with E-state index in [9.17, 15) is 18.0 Å². The molecule has 1 aromatic heterocycles. The highest BCUT2D eigenvalue weighted by molar-refractivity contribution is 5.27. The van der Waals surface area contributed by atoms with E-state index < -0.39 is 17.3 Å². The molecule has 1 aliphatic rings. The average Bonchev–Trinajstić information content (AvgIpc) is 2.18. The summed E-state index contributed by atoms with van der Waals surface area (Å²) in [7, 11) is 1.47. The molecule has 0 aliphatic carbocycles. The molecule has 0 atom stereocenters. The summed E-state index contributed by atoms with van der Waals surface area (Å²) in [5.74, 6) is 0. The van der Waals surface area contributed by atoms with Crippen molar-refractivity contribution >= 4 is 0 Å². The molecule has 0 radical (unpaired) electrons. The van der Waals surface area contributed by atoms with E-state index in [0.717, 1.165) is 19.5 Å². The molecule has 1 fully saturated rings. The van der Waals surface area contributed by atoms with E-state index in [-0.39, 0.29) is 5.56 Å². The van der Waals surface area contributed by atoms with Crippen LogP contribution in [-0.2, 0) is 19.6 Å². The van der Waals surface area contributed by atoms with E-state index in [0.29, 0.717) is 19.0 Å². The SMILES string of the molecule is Cn1cc(CCN2CCC2)c(C(F)(F)F)cc1=O. The molecule has 6 heteroatoms. The smallest absolute Gasteiger partial charge is 0.318 e. The Morgan fingerprint density at radius 3 is 2.50 bits per heavy atom. The van der Waals surface area contributed by atoms with Gasteiger partial charge in [0.2, 0.25) is 0 Å². The van der Waals surface area contributed by atoms with E-state index in [1.807, 2.05) is 0 Å². The minimum atomic E-state index is -4.46. The topological polar surface area (TPSA) is 25.2 Å². The van der Waals surface area contributed by atoms with Crippen molar-refractivity contribution in [2.45, 2.75) is 19.0 Å². The number of pyridine rings is 1. The monoisotopic (exact) mass is 260 g/mol. The minimum Gasteiger partial charge on any atom is -0.318 e. The van der Waals surface area contributed by atoms with Gasteiger partial charge >= 0.3 is 6.18 Å². The molecule has 0 spiro atoms. The number of likely N-dealkylation sites (tertiary alicyclic amines) is 1.